The lowest BCUT2D eigenvalue weighted by atomic mass is 10.1. The Labute approximate surface area is 93.8 Å². The molecule has 1 aromatic rings. The Bertz CT molecular complexity index is 451. The van der Waals surface area contributed by atoms with Crippen molar-refractivity contribution in [1.29, 1.82) is 0 Å². The van der Waals surface area contributed by atoms with Crippen LogP contribution in [0.5, 0.6) is 0 Å². The van der Waals surface area contributed by atoms with Crippen molar-refractivity contribution in [3.05, 3.63) is 35.9 Å². The Balaban J connectivity index is 3.13. The highest BCUT2D eigenvalue weighted by Gasteiger charge is 2.33. The zero-order valence-corrected chi connectivity index (χ0v) is 9.48. The van der Waals surface area contributed by atoms with Gasteiger partial charge in [0.05, 0.1) is 6.61 Å². The van der Waals surface area contributed by atoms with Crippen LogP contribution in [0.25, 0.3) is 0 Å². The Morgan fingerprint density at radius 3 is 2.38 bits per heavy atom. The van der Waals surface area contributed by atoms with Crippen LogP contribution in [0.2, 0.25) is 0 Å². The van der Waals surface area contributed by atoms with Gasteiger partial charge in [-0.2, -0.15) is 8.42 Å². The molecule has 0 bridgehead atoms. The molecule has 1 atom stereocenters. The van der Waals surface area contributed by atoms with E-state index in [0.717, 1.165) is 0 Å². The summed E-state index contributed by atoms with van der Waals surface area (Å²) in [5.41, 5.74) is 0.184. The fraction of sp³-hybridized carbons (Fsp3) is 0.300. The molecule has 0 saturated heterocycles. The number of hydrogen-bond acceptors (Lipinski definition) is 4. The highest BCUT2D eigenvalue weighted by molar-refractivity contribution is 7.86. The summed E-state index contributed by atoms with van der Waals surface area (Å²) in [5, 5.41) is -1.67. The molecule has 0 fully saturated rings. The first-order chi connectivity index (χ1) is 7.46. The summed E-state index contributed by atoms with van der Waals surface area (Å²) >= 11 is 0. The van der Waals surface area contributed by atoms with E-state index in [1.807, 2.05) is 0 Å². The Kier molecular flexibility index (Phi) is 4.03. The lowest BCUT2D eigenvalue weighted by Gasteiger charge is -2.12. The Morgan fingerprint density at radius 2 is 1.94 bits per heavy atom. The maximum absolute atomic E-state index is 11.4. The maximum atomic E-state index is 11.4. The van der Waals surface area contributed by atoms with E-state index in [0.29, 0.717) is 0 Å². The maximum Gasteiger partial charge on any atom is 0.331 e. The summed E-state index contributed by atoms with van der Waals surface area (Å²) in [6, 6.07) is 7.71. The van der Waals surface area contributed by atoms with Gasteiger partial charge < -0.3 is 4.74 Å². The van der Waals surface area contributed by atoms with Crippen LogP contribution >= 0.6 is 0 Å². The number of rotatable bonds is 4. The minimum atomic E-state index is -4.51. The van der Waals surface area contributed by atoms with Gasteiger partial charge in [0, 0.05) is 0 Å². The average Bonchev–Trinajstić information content (AvgIpc) is 2.17. The van der Waals surface area contributed by atoms with Gasteiger partial charge >= 0.3 is 5.97 Å². The molecule has 6 heteroatoms. The summed E-state index contributed by atoms with van der Waals surface area (Å²) in [6.45, 7) is 1.61. The van der Waals surface area contributed by atoms with Gasteiger partial charge in [0.1, 0.15) is 0 Å². The molecule has 0 saturated carbocycles. The van der Waals surface area contributed by atoms with E-state index in [2.05, 4.69) is 4.74 Å². The molecule has 0 aliphatic carbocycles. The smallest absolute Gasteiger partial charge is 0.331 e. The van der Waals surface area contributed by atoms with Gasteiger partial charge in [0.2, 0.25) is 5.25 Å². The fourth-order valence-electron chi connectivity index (χ4n) is 1.28. The van der Waals surface area contributed by atoms with Crippen LogP contribution in [-0.2, 0) is 19.6 Å². The number of benzene rings is 1. The summed E-state index contributed by atoms with van der Waals surface area (Å²) in [6.07, 6.45) is 0. The first kappa shape index (κ1) is 12.7. The van der Waals surface area contributed by atoms with Crippen LogP contribution in [0, 0.1) is 0 Å². The van der Waals surface area contributed by atoms with Crippen molar-refractivity contribution in [3.63, 3.8) is 0 Å². The van der Waals surface area contributed by atoms with E-state index >= 15 is 0 Å². The molecule has 1 N–H and O–H groups in total. The fourth-order valence-corrected chi connectivity index (χ4v) is 2.09. The van der Waals surface area contributed by atoms with Crippen LogP contribution in [0.4, 0.5) is 0 Å². The van der Waals surface area contributed by atoms with Crippen molar-refractivity contribution in [2.24, 2.45) is 0 Å². The van der Waals surface area contributed by atoms with Crippen LogP contribution in [0.15, 0.2) is 30.3 Å². The third-order valence-electron chi connectivity index (χ3n) is 1.90. The molecule has 0 aliphatic heterocycles. The molecule has 0 amide bonds. The molecule has 5 nitrogen and oxygen atoms in total. The third kappa shape index (κ3) is 3.04. The second-order valence-electron chi connectivity index (χ2n) is 3.06. The highest BCUT2D eigenvalue weighted by atomic mass is 32.2. The Morgan fingerprint density at radius 1 is 1.38 bits per heavy atom. The van der Waals surface area contributed by atoms with E-state index < -0.39 is 21.3 Å². The molecule has 88 valence electrons. The summed E-state index contributed by atoms with van der Waals surface area (Å²) < 4.78 is 35.8. The first-order valence-electron chi connectivity index (χ1n) is 4.64. The van der Waals surface area contributed by atoms with Crippen LogP contribution < -0.4 is 0 Å². The van der Waals surface area contributed by atoms with Gasteiger partial charge in [-0.3, -0.25) is 9.35 Å². The van der Waals surface area contributed by atoms with Crippen molar-refractivity contribution in [3.8, 4) is 0 Å². The minimum absolute atomic E-state index is 0.0533. The average molecular weight is 244 g/mol. The van der Waals surface area contributed by atoms with E-state index in [1.165, 1.54) is 12.1 Å². The van der Waals surface area contributed by atoms with Crippen LogP contribution in [-0.4, -0.2) is 25.5 Å². The lowest BCUT2D eigenvalue weighted by Crippen LogP contribution is -2.23. The number of hydrogen-bond donors (Lipinski definition) is 1. The predicted octanol–water partition coefficient (Wildman–Crippen LogP) is 1.18. The van der Waals surface area contributed by atoms with Crippen LogP contribution in [0.1, 0.15) is 17.7 Å². The predicted molar refractivity (Wildman–Crippen MR) is 57.4 cm³/mol. The molecule has 0 aliphatic rings. The number of esters is 1. The highest BCUT2D eigenvalue weighted by Crippen LogP contribution is 2.22. The molecular weight excluding hydrogens is 232 g/mol. The molecule has 0 radical (unpaired) electrons. The van der Waals surface area contributed by atoms with E-state index in [-0.39, 0.29) is 12.2 Å². The molecule has 16 heavy (non-hydrogen) atoms. The van der Waals surface area contributed by atoms with E-state index in [9.17, 15) is 13.2 Å². The normalized spacial score (nSPS) is 13.1. The quantitative estimate of drug-likeness (QED) is 0.635. The monoisotopic (exact) mass is 244 g/mol. The van der Waals surface area contributed by atoms with E-state index in [1.54, 1.807) is 25.1 Å². The van der Waals surface area contributed by atoms with Gasteiger partial charge in [0.15, 0.2) is 0 Å². The van der Waals surface area contributed by atoms with Gasteiger partial charge in [-0.05, 0) is 12.5 Å². The van der Waals surface area contributed by atoms with Crippen molar-refractivity contribution in [1.82, 2.24) is 0 Å². The Hall–Kier alpha value is -1.40. The van der Waals surface area contributed by atoms with Gasteiger partial charge in [-0.25, -0.2) is 0 Å². The molecule has 1 rings (SSSR count). The van der Waals surface area contributed by atoms with Gasteiger partial charge in [-0.1, -0.05) is 30.3 Å². The molecule has 1 unspecified atom stereocenters. The third-order valence-corrected chi connectivity index (χ3v) is 2.96. The largest absolute Gasteiger partial charge is 0.465 e. The van der Waals surface area contributed by atoms with Crippen molar-refractivity contribution in [2.75, 3.05) is 6.61 Å². The molecule has 0 heterocycles. The molecular formula is C10H12O5S. The van der Waals surface area contributed by atoms with Crippen molar-refractivity contribution in [2.45, 2.75) is 12.2 Å². The van der Waals surface area contributed by atoms with Gasteiger partial charge in [-0.15, -0.1) is 0 Å². The number of carbonyl (C=O) groups is 1. The van der Waals surface area contributed by atoms with Crippen LogP contribution in [0.3, 0.4) is 0 Å². The zero-order chi connectivity index (χ0) is 12.2. The topological polar surface area (TPSA) is 80.7 Å². The van der Waals surface area contributed by atoms with E-state index in [4.69, 9.17) is 4.55 Å². The second-order valence-corrected chi connectivity index (χ2v) is 4.56. The van der Waals surface area contributed by atoms with Crippen molar-refractivity contribution >= 4 is 16.1 Å². The number of ether oxygens (including phenoxy) is 1. The standard InChI is InChI=1S/C10H12O5S/c1-2-15-10(11)9(16(12,13)14)8-6-4-3-5-7-8/h3-7,9H,2H2,1H3,(H,12,13,14). The van der Waals surface area contributed by atoms with Crippen molar-refractivity contribution < 1.29 is 22.5 Å². The summed E-state index contributed by atoms with van der Waals surface area (Å²) in [4.78, 5) is 11.4. The zero-order valence-electron chi connectivity index (χ0n) is 8.66. The second kappa shape index (κ2) is 5.09. The molecule has 1 aromatic carbocycles. The minimum Gasteiger partial charge on any atom is -0.465 e. The number of carbonyl (C=O) groups excluding carboxylic acids is 1. The van der Waals surface area contributed by atoms with Gasteiger partial charge in [0.25, 0.3) is 10.1 Å². The molecule has 0 aromatic heterocycles. The SMILES string of the molecule is CCOC(=O)C(c1ccccc1)S(=O)(=O)O. The first-order valence-corrected chi connectivity index (χ1v) is 6.15. The lowest BCUT2D eigenvalue weighted by molar-refractivity contribution is -0.142. The molecule has 0 spiro atoms. The summed E-state index contributed by atoms with van der Waals surface area (Å²) in [7, 11) is -4.51. The summed E-state index contributed by atoms with van der Waals surface area (Å²) in [5.74, 6) is -0.976.